The first-order chi connectivity index (χ1) is 16.8. The van der Waals surface area contributed by atoms with Crippen molar-refractivity contribution in [3.63, 3.8) is 0 Å². The number of fused-ring (bicyclic) bond motifs is 3. The smallest absolute Gasteiger partial charge is 0.271 e. The Morgan fingerprint density at radius 1 is 1.14 bits per heavy atom. The molecule has 1 aliphatic heterocycles. The summed E-state index contributed by atoms with van der Waals surface area (Å²) in [6.07, 6.45) is 8.40. The summed E-state index contributed by atoms with van der Waals surface area (Å²) in [6, 6.07) is 11.6. The van der Waals surface area contributed by atoms with Crippen LogP contribution in [0.15, 0.2) is 47.1 Å². The van der Waals surface area contributed by atoms with E-state index in [1.54, 1.807) is 17.2 Å². The summed E-state index contributed by atoms with van der Waals surface area (Å²) in [5.41, 5.74) is 1.98. The number of nitrogens with zero attached hydrogens (tertiary/aromatic N) is 2. The molecule has 1 fully saturated rings. The lowest BCUT2D eigenvalue weighted by Gasteiger charge is -2.44. The average Bonchev–Trinajstić information content (AvgIpc) is 3.32. The van der Waals surface area contributed by atoms with Gasteiger partial charge in [0.15, 0.2) is 5.58 Å². The summed E-state index contributed by atoms with van der Waals surface area (Å²) in [5.74, 6) is 0.536. The van der Waals surface area contributed by atoms with E-state index in [4.69, 9.17) is 9.15 Å². The lowest BCUT2D eigenvalue weighted by molar-refractivity contribution is -0.134. The van der Waals surface area contributed by atoms with Crippen molar-refractivity contribution in [2.75, 3.05) is 0 Å². The van der Waals surface area contributed by atoms with Crippen LogP contribution in [0.5, 0.6) is 5.75 Å². The molecule has 5 rings (SSSR count). The van der Waals surface area contributed by atoms with Gasteiger partial charge in [-0.15, -0.1) is 0 Å². The number of carbonyl (C=O) groups excluding carboxylic acids is 2. The van der Waals surface area contributed by atoms with Crippen molar-refractivity contribution >= 4 is 22.9 Å². The monoisotopic (exact) mass is 477 g/mol. The van der Waals surface area contributed by atoms with Gasteiger partial charge in [-0.3, -0.25) is 9.59 Å². The molecule has 1 saturated carbocycles. The van der Waals surface area contributed by atoms with Gasteiger partial charge in [0.1, 0.15) is 17.0 Å². The summed E-state index contributed by atoms with van der Waals surface area (Å²) in [5, 5.41) is 3.31. The van der Waals surface area contributed by atoms with Gasteiger partial charge in [-0.1, -0.05) is 37.8 Å². The highest BCUT2D eigenvalue weighted by Crippen LogP contribution is 2.34. The number of carbonyl (C=O) groups is 2. The molecule has 2 aliphatic rings. The summed E-state index contributed by atoms with van der Waals surface area (Å²) in [6.45, 7) is 6.59. The van der Waals surface area contributed by atoms with Crippen LogP contribution in [0.1, 0.15) is 75.3 Å². The SMILES string of the molecule is CC(C)Oc1ccc(CN2C(=O)c3cc4occc4n3C[C@@]2(C)C(=O)NC2CCCCCC2)cc1. The van der Waals surface area contributed by atoms with Crippen LogP contribution < -0.4 is 10.1 Å². The lowest BCUT2D eigenvalue weighted by atomic mass is 9.93. The summed E-state index contributed by atoms with van der Waals surface area (Å²) >= 11 is 0. The van der Waals surface area contributed by atoms with Crippen molar-refractivity contribution in [3.05, 3.63) is 53.9 Å². The molecule has 0 radical (unpaired) electrons. The van der Waals surface area contributed by atoms with Crippen molar-refractivity contribution in [1.82, 2.24) is 14.8 Å². The Labute approximate surface area is 206 Å². The van der Waals surface area contributed by atoms with E-state index in [2.05, 4.69) is 5.32 Å². The van der Waals surface area contributed by atoms with Crippen molar-refractivity contribution in [2.24, 2.45) is 0 Å². The van der Waals surface area contributed by atoms with Gasteiger partial charge in [0.05, 0.1) is 24.4 Å². The number of aromatic nitrogens is 1. The van der Waals surface area contributed by atoms with E-state index in [1.165, 1.54) is 12.8 Å². The normalized spacial score (nSPS) is 21.3. The zero-order valence-corrected chi connectivity index (χ0v) is 20.9. The van der Waals surface area contributed by atoms with Crippen LogP contribution in [0.3, 0.4) is 0 Å². The van der Waals surface area contributed by atoms with Gasteiger partial charge in [0, 0.05) is 24.7 Å². The Bertz CT molecular complexity index is 1200. The Balaban J connectivity index is 1.46. The fraction of sp³-hybridized carbons (Fsp3) is 0.500. The van der Waals surface area contributed by atoms with Crippen LogP contribution in [-0.2, 0) is 17.9 Å². The third-order valence-corrected chi connectivity index (χ3v) is 7.36. The van der Waals surface area contributed by atoms with Crippen molar-refractivity contribution < 1.29 is 18.7 Å². The minimum atomic E-state index is -1.04. The fourth-order valence-corrected chi connectivity index (χ4v) is 5.41. The second kappa shape index (κ2) is 9.44. The largest absolute Gasteiger partial charge is 0.491 e. The van der Waals surface area contributed by atoms with Crippen LogP contribution >= 0.6 is 0 Å². The van der Waals surface area contributed by atoms with Crippen molar-refractivity contribution in [1.29, 1.82) is 0 Å². The molecule has 2 aromatic heterocycles. The highest BCUT2D eigenvalue weighted by atomic mass is 16.5. The predicted octanol–water partition coefficient (Wildman–Crippen LogP) is 5.28. The van der Waals surface area contributed by atoms with Crippen LogP contribution in [0.25, 0.3) is 11.1 Å². The molecule has 1 atom stereocenters. The van der Waals surface area contributed by atoms with Crippen LogP contribution in [0, 0.1) is 0 Å². The van der Waals surface area contributed by atoms with Gasteiger partial charge in [0.2, 0.25) is 5.91 Å². The summed E-state index contributed by atoms with van der Waals surface area (Å²) in [4.78, 5) is 29.4. The minimum absolute atomic E-state index is 0.0893. The van der Waals surface area contributed by atoms with E-state index in [0.717, 1.165) is 42.5 Å². The number of ether oxygens (including phenoxy) is 1. The molecule has 7 heteroatoms. The molecular formula is C28H35N3O4. The maximum absolute atomic E-state index is 13.9. The first-order valence-electron chi connectivity index (χ1n) is 12.8. The number of furan rings is 1. The van der Waals surface area contributed by atoms with Gasteiger partial charge in [0.25, 0.3) is 5.91 Å². The zero-order chi connectivity index (χ0) is 24.6. The van der Waals surface area contributed by atoms with E-state index < -0.39 is 5.54 Å². The first-order valence-corrected chi connectivity index (χ1v) is 12.8. The summed E-state index contributed by atoms with van der Waals surface area (Å²) < 4.78 is 13.3. The van der Waals surface area contributed by atoms with Crippen LogP contribution in [-0.4, -0.2) is 39.0 Å². The molecule has 0 unspecified atom stereocenters. The Hall–Kier alpha value is -3.22. The topological polar surface area (TPSA) is 76.7 Å². The highest BCUT2D eigenvalue weighted by molar-refractivity contribution is 6.02. The molecule has 1 N–H and O–H groups in total. The second-order valence-electron chi connectivity index (χ2n) is 10.4. The number of amides is 2. The lowest BCUT2D eigenvalue weighted by Crippen LogP contribution is -2.64. The Morgan fingerprint density at radius 3 is 2.54 bits per heavy atom. The molecule has 35 heavy (non-hydrogen) atoms. The number of benzene rings is 1. The van der Waals surface area contributed by atoms with E-state index in [9.17, 15) is 9.59 Å². The van der Waals surface area contributed by atoms with Crippen molar-refractivity contribution in [2.45, 2.75) is 90.1 Å². The molecule has 2 amide bonds. The molecule has 1 aliphatic carbocycles. The van der Waals surface area contributed by atoms with E-state index >= 15 is 0 Å². The van der Waals surface area contributed by atoms with Gasteiger partial charge in [-0.25, -0.2) is 0 Å². The van der Waals surface area contributed by atoms with Crippen LogP contribution in [0.4, 0.5) is 0 Å². The standard InChI is InChI=1S/C28H35N3O4/c1-19(2)35-22-12-10-20(11-13-22)17-31-26(32)24-16-25-23(14-15-34-25)30(24)18-28(31,3)27(33)29-21-8-6-4-5-7-9-21/h10-16,19,21H,4-9,17-18H2,1-3H3,(H,29,33)/t28-/m0/s1. The van der Waals surface area contributed by atoms with Gasteiger partial charge < -0.3 is 23.9 Å². The average molecular weight is 478 g/mol. The number of hydrogen-bond donors (Lipinski definition) is 1. The number of nitrogens with one attached hydrogen (secondary N) is 1. The van der Waals surface area contributed by atoms with E-state index in [-0.39, 0.29) is 24.0 Å². The van der Waals surface area contributed by atoms with E-state index in [1.807, 2.05) is 55.7 Å². The third kappa shape index (κ3) is 4.56. The number of rotatable bonds is 6. The molecule has 0 bridgehead atoms. The van der Waals surface area contributed by atoms with Crippen molar-refractivity contribution in [3.8, 4) is 5.75 Å². The quantitative estimate of drug-likeness (QED) is 0.491. The zero-order valence-electron chi connectivity index (χ0n) is 20.9. The number of hydrogen-bond acceptors (Lipinski definition) is 4. The fourth-order valence-electron chi connectivity index (χ4n) is 5.41. The molecule has 1 aromatic carbocycles. The van der Waals surface area contributed by atoms with E-state index in [0.29, 0.717) is 24.4 Å². The maximum atomic E-state index is 13.9. The Kier molecular flexibility index (Phi) is 6.34. The first kappa shape index (κ1) is 23.5. The second-order valence-corrected chi connectivity index (χ2v) is 10.4. The molecule has 0 spiro atoms. The minimum Gasteiger partial charge on any atom is -0.491 e. The molecule has 7 nitrogen and oxygen atoms in total. The predicted molar refractivity (Wildman–Crippen MR) is 134 cm³/mol. The molecular weight excluding hydrogens is 442 g/mol. The van der Waals surface area contributed by atoms with Gasteiger partial charge in [-0.05, 0) is 51.3 Å². The van der Waals surface area contributed by atoms with Crippen LogP contribution in [0.2, 0.25) is 0 Å². The maximum Gasteiger partial charge on any atom is 0.271 e. The molecule has 0 saturated heterocycles. The molecule has 3 aromatic rings. The van der Waals surface area contributed by atoms with Gasteiger partial charge in [-0.2, -0.15) is 0 Å². The van der Waals surface area contributed by atoms with Gasteiger partial charge >= 0.3 is 0 Å². The highest BCUT2D eigenvalue weighted by Gasteiger charge is 2.48. The summed E-state index contributed by atoms with van der Waals surface area (Å²) in [7, 11) is 0. The molecule has 186 valence electrons. The third-order valence-electron chi connectivity index (χ3n) is 7.36. The molecule has 3 heterocycles. The Morgan fingerprint density at radius 2 is 1.86 bits per heavy atom.